The molecule has 13 rings (SSSR count). The molecule has 3 aliphatic carbocycles. The number of para-hydroxylation sites is 1. The van der Waals surface area contributed by atoms with Gasteiger partial charge in [-0.3, -0.25) is 33.8 Å². The molecule has 0 atom stereocenters. The number of hydrogen-bond acceptors (Lipinski definition) is 16. The molecule has 6 amide bonds. The van der Waals surface area contributed by atoms with E-state index in [1.54, 1.807) is 54.0 Å². The summed E-state index contributed by atoms with van der Waals surface area (Å²) in [4.78, 5) is 81.3. The second kappa shape index (κ2) is 25.8. The molecule has 0 unspecified atom stereocenters. The van der Waals surface area contributed by atoms with Crippen LogP contribution in [0.3, 0.4) is 0 Å². The van der Waals surface area contributed by atoms with Crippen LogP contribution in [0.2, 0.25) is 0 Å². The standard InChI is InChI=1S/C25H24N6O3.C22H27N5O3.C20H20F3N5O3/c1-2-6-20(32)30-14-25(15-30)11-16(12-25)31-23(26)21(24(27)33)22(29-31)19-10-9-18(13-28-19)34-17-7-4-3-5-8-17;1-3-9-30-16-7-5-14(6-8-16)19-18(21(24)29)20(23)27(25-19)15-10-22(11-15)12-26(13-22)17(28)4-2;1-2-14(29)27-9-19(10-27)7-12(8-19)28-17(24)15(18(25)30)16(26-28)11-3-5-13(6-4-11)31-20(21,22)23/h3-5,7-10,13,16H,11-12,14-15,26H2,1H3,(H2,27,33);4-8,15H,2-3,9-13,23H2,1H3,(H2,24,29);2-6,12H,1,7-10,24H2,(H2,25,30). The molecule has 6 aliphatic rings. The Morgan fingerprint density at radius 2 is 0.968 bits per heavy atom. The van der Waals surface area contributed by atoms with Crippen LogP contribution in [0.5, 0.6) is 23.0 Å². The Morgan fingerprint density at radius 3 is 1.35 bits per heavy atom. The first-order chi connectivity index (χ1) is 45.3. The summed E-state index contributed by atoms with van der Waals surface area (Å²) in [5, 5.41) is 13.7. The van der Waals surface area contributed by atoms with Gasteiger partial charge in [-0.1, -0.05) is 44.2 Å². The van der Waals surface area contributed by atoms with Gasteiger partial charge in [0.2, 0.25) is 11.8 Å². The normalized spacial score (nSPS) is 17.0. The highest BCUT2D eigenvalue weighted by Gasteiger charge is 2.57. The lowest BCUT2D eigenvalue weighted by Gasteiger charge is -2.58. The minimum atomic E-state index is -4.81. The molecule has 4 aromatic heterocycles. The van der Waals surface area contributed by atoms with E-state index in [0.29, 0.717) is 72.7 Å². The van der Waals surface area contributed by atoms with Crippen molar-refractivity contribution in [1.29, 1.82) is 0 Å². The molecule has 95 heavy (non-hydrogen) atoms. The highest BCUT2D eigenvalue weighted by molar-refractivity contribution is 6.05. The van der Waals surface area contributed by atoms with Gasteiger partial charge in [0, 0.05) is 66.6 Å². The van der Waals surface area contributed by atoms with Crippen LogP contribution in [0.4, 0.5) is 30.6 Å². The summed E-state index contributed by atoms with van der Waals surface area (Å²) in [7, 11) is 0. The van der Waals surface area contributed by atoms with Crippen molar-refractivity contribution in [3.63, 3.8) is 0 Å². The molecule has 6 fully saturated rings. The Bertz CT molecular complexity index is 4190. The number of ether oxygens (including phenoxy) is 3. The van der Waals surface area contributed by atoms with E-state index in [9.17, 15) is 41.9 Å². The molecule has 494 valence electrons. The Hall–Kier alpha value is -11.1. The minimum Gasteiger partial charge on any atom is -0.494 e. The van der Waals surface area contributed by atoms with Crippen LogP contribution < -0.4 is 48.6 Å². The predicted octanol–water partition coefficient (Wildman–Crippen LogP) is 7.45. The number of rotatable bonds is 17. The van der Waals surface area contributed by atoms with Crippen LogP contribution in [0, 0.1) is 28.1 Å². The second-order valence-corrected chi connectivity index (χ2v) is 25.0. The average molecular weight is 1300 g/mol. The van der Waals surface area contributed by atoms with E-state index < -0.39 is 29.8 Å². The van der Waals surface area contributed by atoms with Crippen LogP contribution in [0.15, 0.2) is 123 Å². The highest BCUT2D eigenvalue weighted by atomic mass is 19.4. The molecular weight excluding hydrogens is 1230 g/mol. The smallest absolute Gasteiger partial charge is 0.494 e. The van der Waals surface area contributed by atoms with Gasteiger partial charge in [0.05, 0.1) is 36.6 Å². The zero-order valence-electron chi connectivity index (χ0n) is 52.2. The van der Waals surface area contributed by atoms with Gasteiger partial charge in [-0.15, -0.1) is 13.2 Å². The number of aromatic nitrogens is 7. The summed E-state index contributed by atoms with van der Waals surface area (Å²) in [6, 6.07) is 25.3. The number of primary amides is 3. The zero-order valence-corrected chi connectivity index (χ0v) is 52.2. The molecule has 7 heterocycles. The van der Waals surface area contributed by atoms with Crippen molar-refractivity contribution < 1.29 is 56.1 Å². The monoisotopic (exact) mass is 1300 g/mol. The molecule has 0 radical (unpaired) electrons. The summed E-state index contributed by atoms with van der Waals surface area (Å²) in [5.74, 6) is 5.16. The molecule has 28 heteroatoms. The fourth-order valence-corrected chi connectivity index (χ4v) is 13.7. The number of carbonyl (C=O) groups is 6. The number of nitrogens with two attached hydrogens (primary N) is 6. The van der Waals surface area contributed by atoms with Crippen molar-refractivity contribution in [1.82, 2.24) is 49.0 Å². The molecular formula is C67H71F3N16O9. The van der Waals surface area contributed by atoms with E-state index in [1.807, 2.05) is 61.5 Å². The predicted molar refractivity (Wildman–Crippen MR) is 344 cm³/mol. The number of hydrogen-bond donors (Lipinski definition) is 6. The Labute approximate surface area is 543 Å². The second-order valence-electron chi connectivity index (χ2n) is 25.0. The van der Waals surface area contributed by atoms with Crippen molar-refractivity contribution >= 4 is 52.9 Å². The maximum atomic E-state index is 12.4. The fraction of sp³-hybridized carbons (Fsp3) is 0.343. The number of nitrogen functional groups attached to an aromatic ring is 3. The summed E-state index contributed by atoms with van der Waals surface area (Å²) < 4.78 is 57.3. The number of likely N-dealkylation sites (tertiary alicyclic amines) is 3. The maximum Gasteiger partial charge on any atom is 0.573 e. The maximum absolute atomic E-state index is 12.4. The molecule has 3 saturated carbocycles. The van der Waals surface area contributed by atoms with Gasteiger partial charge in [-0.2, -0.15) is 15.3 Å². The number of pyridine rings is 1. The number of carbonyl (C=O) groups excluding carboxylic acids is 6. The van der Waals surface area contributed by atoms with E-state index in [1.165, 1.54) is 24.3 Å². The average Bonchev–Trinajstić information content (AvgIpc) is 1.68. The van der Waals surface area contributed by atoms with Gasteiger partial charge >= 0.3 is 6.36 Å². The number of alkyl halides is 3. The van der Waals surface area contributed by atoms with Gasteiger partial charge in [-0.05, 0) is 143 Å². The van der Waals surface area contributed by atoms with Crippen molar-refractivity contribution in [2.75, 3.05) is 63.1 Å². The van der Waals surface area contributed by atoms with Gasteiger partial charge < -0.3 is 63.3 Å². The first-order valence-corrected chi connectivity index (χ1v) is 30.6. The van der Waals surface area contributed by atoms with Gasteiger partial charge in [-0.25, -0.2) is 14.0 Å². The van der Waals surface area contributed by atoms with Crippen molar-refractivity contribution in [3.8, 4) is 68.7 Å². The molecule has 0 bridgehead atoms. The van der Waals surface area contributed by atoms with Gasteiger partial charge in [0.25, 0.3) is 23.6 Å². The molecule has 3 aromatic carbocycles. The largest absolute Gasteiger partial charge is 0.573 e. The third kappa shape index (κ3) is 13.2. The van der Waals surface area contributed by atoms with Crippen molar-refractivity contribution in [2.45, 2.75) is 83.3 Å². The number of halogens is 3. The highest BCUT2D eigenvalue weighted by Crippen LogP contribution is 2.57. The van der Waals surface area contributed by atoms with Crippen LogP contribution >= 0.6 is 0 Å². The molecule has 25 nitrogen and oxygen atoms in total. The van der Waals surface area contributed by atoms with Crippen LogP contribution in [0.25, 0.3) is 33.9 Å². The van der Waals surface area contributed by atoms with E-state index in [4.69, 9.17) is 43.9 Å². The van der Waals surface area contributed by atoms with Crippen molar-refractivity contribution in [3.05, 3.63) is 139 Å². The van der Waals surface area contributed by atoms with Crippen LogP contribution in [-0.2, 0) is 14.4 Å². The third-order valence-electron chi connectivity index (χ3n) is 18.2. The summed E-state index contributed by atoms with van der Waals surface area (Å²) in [6.45, 7) is 15.4. The summed E-state index contributed by atoms with van der Waals surface area (Å²) in [5.41, 5.74) is 38.8. The summed E-state index contributed by atoms with van der Waals surface area (Å²) in [6.07, 6.45) is 5.14. The molecule has 3 aliphatic heterocycles. The van der Waals surface area contributed by atoms with Gasteiger partial charge in [0.1, 0.15) is 74.2 Å². The lowest BCUT2D eigenvalue weighted by atomic mass is 9.60. The molecule has 3 saturated heterocycles. The van der Waals surface area contributed by atoms with E-state index >= 15 is 0 Å². The summed E-state index contributed by atoms with van der Waals surface area (Å²) >= 11 is 0. The van der Waals surface area contributed by atoms with Crippen LogP contribution in [-0.4, -0.2) is 137 Å². The SMILES string of the molecule is C=CC(=O)N1CC2(CC(n3nc(-c4ccc(OC(F)(F)F)cc4)c(C(N)=O)c3N)C2)C1.C=CC(=O)N1CC2(CC(n3nc(-c4ccc(OCCC)cc4)c(C(N)=O)c3N)C2)C1.CC#CC(=O)N1CC2(CC(n3nc(-c4ccc(Oc5ccccc5)cn4)c(C(N)=O)c3N)C2)C1. The zero-order chi connectivity index (χ0) is 67.9. The lowest BCUT2D eigenvalue weighted by Crippen LogP contribution is -2.63. The Kier molecular flexibility index (Phi) is 17.7. The Morgan fingerprint density at radius 1 is 0.568 bits per heavy atom. The molecule has 12 N–H and O–H groups in total. The third-order valence-corrected chi connectivity index (χ3v) is 18.2. The minimum absolute atomic E-state index is 0.00532. The van der Waals surface area contributed by atoms with Gasteiger partial charge in [0.15, 0.2) is 0 Å². The van der Waals surface area contributed by atoms with Crippen LogP contribution in [0.1, 0.15) is 108 Å². The Balaban J connectivity index is 0.000000145. The van der Waals surface area contributed by atoms with Crippen molar-refractivity contribution in [2.24, 2.45) is 33.4 Å². The quantitative estimate of drug-likeness (QED) is 0.0380. The fourth-order valence-electron chi connectivity index (χ4n) is 13.7. The lowest BCUT2D eigenvalue weighted by molar-refractivity contribution is -0.274. The number of amides is 6. The first kappa shape index (κ1) is 65.4. The number of anilines is 3. The topological polar surface area (TPSA) is 362 Å². The first-order valence-electron chi connectivity index (χ1n) is 30.6. The number of nitrogens with zero attached hydrogens (tertiary/aromatic N) is 10. The van der Waals surface area contributed by atoms with E-state index in [2.05, 4.69) is 50.0 Å². The molecule has 7 aromatic rings. The molecule has 3 spiro atoms. The number of benzene rings is 3. The van der Waals surface area contributed by atoms with E-state index in [-0.39, 0.29) is 86.1 Å². The van der Waals surface area contributed by atoms with E-state index in [0.717, 1.165) is 81.5 Å².